The predicted molar refractivity (Wildman–Crippen MR) is 145 cm³/mol. The number of aliphatic carboxylic acids is 1. The molecule has 0 spiro atoms. The van der Waals surface area contributed by atoms with E-state index in [-0.39, 0.29) is 12.2 Å². The molecule has 0 saturated carbocycles. The van der Waals surface area contributed by atoms with E-state index in [0.29, 0.717) is 6.42 Å². The molecule has 4 heteroatoms. The molecule has 0 saturated heterocycles. The summed E-state index contributed by atoms with van der Waals surface area (Å²) in [6.45, 7) is 2.22. The van der Waals surface area contributed by atoms with Gasteiger partial charge in [0.15, 0.2) is 0 Å². The summed E-state index contributed by atoms with van der Waals surface area (Å²) < 4.78 is 0. The van der Waals surface area contributed by atoms with Crippen LogP contribution in [-0.4, -0.2) is 33.5 Å². The molecule has 0 aromatic heterocycles. The van der Waals surface area contributed by atoms with E-state index in [1.807, 2.05) is 0 Å². The Balaban J connectivity index is 3.22. The van der Waals surface area contributed by atoms with Crippen molar-refractivity contribution in [1.82, 2.24) is 0 Å². The van der Waals surface area contributed by atoms with Crippen LogP contribution in [0.3, 0.4) is 0 Å². The molecule has 0 aliphatic rings. The predicted octanol–water partition coefficient (Wildman–Crippen LogP) is 8.96. The summed E-state index contributed by atoms with van der Waals surface area (Å²) in [5, 5.41) is 28.8. The lowest BCUT2D eigenvalue weighted by molar-refractivity contribution is -0.137. The molecule has 0 bridgehead atoms. The van der Waals surface area contributed by atoms with Crippen LogP contribution in [0.1, 0.15) is 174 Å². The van der Waals surface area contributed by atoms with Crippen molar-refractivity contribution in [1.29, 1.82) is 0 Å². The van der Waals surface area contributed by atoms with Gasteiger partial charge in [0.1, 0.15) is 0 Å². The van der Waals surface area contributed by atoms with Crippen LogP contribution in [0.25, 0.3) is 0 Å². The van der Waals surface area contributed by atoms with Crippen LogP contribution in [0.5, 0.6) is 0 Å². The van der Waals surface area contributed by atoms with Crippen LogP contribution in [0.4, 0.5) is 0 Å². The Hall–Kier alpha value is -0.610. The summed E-state index contributed by atoms with van der Waals surface area (Å²) in [7, 11) is 0. The minimum Gasteiger partial charge on any atom is -0.481 e. The van der Waals surface area contributed by atoms with E-state index in [2.05, 4.69) is 6.92 Å². The van der Waals surface area contributed by atoms with Crippen molar-refractivity contribution in [2.75, 3.05) is 0 Å². The van der Waals surface area contributed by atoms with Crippen molar-refractivity contribution in [2.24, 2.45) is 0 Å². The maximum absolute atomic E-state index is 10.4. The van der Waals surface area contributed by atoms with E-state index in [1.54, 1.807) is 0 Å². The van der Waals surface area contributed by atoms with Gasteiger partial charge in [-0.2, -0.15) is 0 Å². The molecule has 0 fully saturated rings. The number of hydrogen-bond acceptors (Lipinski definition) is 3. The van der Waals surface area contributed by atoms with Crippen LogP contribution in [0.2, 0.25) is 0 Å². The highest BCUT2D eigenvalue weighted by Gasteiger charge is 2.09. The maximum atomic E-state index is 10.4. The van der Waals surface area contributed by atoms with Gasteiger partial charge in [0.2, 0.25) is 0 Å². The van der Waals surface area contributed by atoms with E-state index < -0.39 is 5.97 Å². The first kappa shape index (κ1) is 33.4. The molecule has 0 amide bonds. The second kappa shape index (κ2) is 27.0. The summed E-state index contributed by atoms with van der Waals surface area (Å²) in [4.78, 5) is 10.4. The Labute approximate surface area is 212 Å². The first-order valence-electron chi connectivity index (χ1n) is 15.1. The molecule has 204 valence electrons. The van der Waals surface area contributed by atoms with Gasteiger partial charge < -0.3 is 15.3 Å². The topological polar surface area (TPSA) is 77.8 Å². The molecule has 0 heterocycles. The molecule has 3 N–H and O–H groups in total. The number of hydrogen-bond donors (Lipinski definition) is 3. The van der Waals surface area contributed by atoms with Crippen LogP contribution in [0, 0.1) is 0 Å². The number of carbonyl (C=O) groups is 1. The zero-order chi connectivity index (χ0) is 25.1. The number of unbranched alkanes of at least 4 members (excludes halogenated alkanes) is 19. The minimum absolute atomic E-state index is 0.224. The number of aliphatic hydroxyl groups excluding tert-OH is 2. The zero-order valence-corrected chi connectivity index (χ0v) is 22.8. The lowest BCUT2D eigenvalue weighted by atomic mass is 10.00. The molecule has 0 radical (unpaired) electrons. The number of aliphatic hydroxyl groups is 2. The molecule has 2 atom stereocenters. The molecule has 0 rings (SSSR count). The number of rotatable bonds is 28. The fourth-order valence-corrected chi connectivity index (χ4v) is 4.79. The zero-order valence-electron chi connectivity index (χ0n) is 22.8. The normalized spacial score (nSPS) is 13.3. The van der Waals surface area contributed by atoms with Gasteiger partial charge in [0, 0.05) is 6.42 Å². The maximum Gasteiger partial charge on any atom is 0.303 e. The summed E-state index contributed by atoms with van der Waals surface area (Å²) in [6, 6.07) is 0. The van der Waals surface area contributed by atoms with E-state index in [1.165, 1.54) is 109 Å². The molecular formula is C30H60O4. The van der Waals surface area contributed by atoms with Crippen molar-refractivity contribution >= 4 is 5.97 Å². The standard InChI is InChI=1S/C30H60O4/c1-2-3-4-17-20-23-28(31)26-27-29(32)24-21-18-15-13-11-9-7-5-6-8-10-12-14-16-19-22-25-30(33)34/h28-29,31-32H,2-27H2,1H3,(H,33,34). The van der Waals surface area contributed by atoms with Crippen molar-refractivity contribution in [2.45, 2.75) is 186 Å². The van der Waals surface area contributed by atoms with E-state index in [4.69, 9.17) is 5.11 Å². The average molecular weight is 485 g/mol. The smallest absolute Gasteiger partial charge is 0.303 e. The molecule has 2 unspecified atom stereocenters. The third kappa shape index (κ3) is 27.6. The Kier molecular flexibility index (Phi) is 26.5. The Morgan fingerprint density at radius 1 is 0.471 bits per heavy atom. The monoisotopic (exact) mass is 484 g/mol. The molecule has 0 aliphatic carbocycles. The van der Waals surface area contributed by atoms with E-state index >= 15 is 0 Å². The Morgan fingerprint density at radius 2 is 0.765 bits per heavy atom. The van der Waals surface area contributed by atoms with Crippen molar-refractivity contribution < 1.29 is 20.1 Å². The Bertz CT molecular complexity index is 413. The van der Waals surface area contributed by atoms with Crippen LogP contribution < -0.4 is 0 Å². The first-order chi connectivity index (χ1) is 16.6. The van der Waals surface area contributed by atoms with E-state index in [9.17, 15) is 15.0 Å². The summed E-state index contributed by atoms with van der Waals surface area (Å²) >= 11 is 0. The first-order valence-corrected chi connectivity index (χ1v) is 15.1. The van der Waals surface area contributed by atoms with Crippen LogP contribution in [-0.2, 0) is 4.79 Å². The van der Waals surface area contributed by atoms with Gasteiger partial charge in [-0.1, -0.05) is 135 Å². The van der Waals surface area contributed by atoms with Crippen molar-refractivity contribution in [3.05, 3.63) is 0 Å². The molecule has 4 nitrogen and oxygen atoms in total. The lowest BCUT2D eigenvalue weighted by Gasteiger charge is -2.14. The van der Waals surface area contributed by atoms with Gasteiger partial charge in [-0.05, 0) is 32.1 Å². The molecular weight excluding hydrogens is 424 g/mol. The van der Waals surface area contributed by atoms with Gasteiger partial charge in [-0.15, -0.1) is 0 Å². The highest BCUT2D eigenvalue weighted by molar-refractivity contribution is 5.66. The van der Waals surface area contributed by atoms with E-state index in [0.717, 1.165) is 51.4 Å². The average Bonchev–Trinajstić information content (AvgIpc) is 2.81. The highest BCUT2D eigenvalue weighted by atomic mass is 16.4. The summed E-state index contributed by atoms with van der Waals surface area (Å²) in [5.74, 6) is -0.665. The SMILES string of the molecule is CCCCCCCC(O)CCC(O)CCCCCCCCCCCCCCCCCCC(=O)O. The largest absolute Gasteiger partial charge is 0.481 e. The molecule has 0 aromatic carbocycles. The van der Waals surface area contributed by atoms with Gasteiger partial charge in [0.25, 0.3) is 0 Å². The fraction of sp³-hybridized carbons (Fsp3) is 0.967. The summed E-state index contributed by atoms with van der Waals surface area (Å²) in [5.41, 5.74) is 0. The second-order valence-corrected chi connectivity index (χ2v) is 10.7. The Morgan fingerprint density at radius 3 is 1.09 bits per heavy atom. The molecule has 34 heavy (non-hydrogen) atoms. The quantitative estimate of drug-likeness (QED) is 0.0968. The summed E-state index contributed by atoms with van der Waals surface area (Å²) in [6.07, 6.45) is 29.5. The van der Waals surface area contributed by atoms with Crippen LogP contribution in [0.15, 0.2) is 0 Å². The van der Waals surface area contributed by atoms with Gasteiger partial charge in [0.05, 0.1) is 12.2 Å². The number of carboxylic acid groups (broad SMARTS) is 1. The van der Waals surface area contributed by atoms with Crippen molar-refractivity contribution in [3.63, 3.8) is 0 Å². The highest BCUT2D eigenvalue weighted by Crippen LogP contribution is 2.17. The fourth-order valence-electron chi connectivity index (χ4n) is 4.79. The van der Waals surface area contributed by atoms with Gasteiger partial charge >= 0.3 is 5.97 Å². The minimum atomic E-state index is -0.665. The molecule has 0 aromatic rings. The number of carboxylic acids is 1. The van der Waals surface area contributed by atoms with Gasteiger partial charge in [-0.25, -0.2) is 0 Å². The van der Waals surface area contributed by atoms with Crippen molar-refractivity contribution in [3.8, 4) is 0 Å². The third-order valence-corrected chi connectivity index (χ3v) is 7.15. The van der Waals surface area contributed by atoms with Crippen LogP contribution >= 0.6 is 0 Å². The van der Waals surface area contributed by atoms with Gasteiger partial charge in [-0.3, -0.25) is 4.79 Å². The molecule has 0 aliphatic heterocycles. The second-order valence-electron chi connectivity index (χ2n) is 10.7. The third-order valence-electron chi connectivity index (χ3n) is 7.15. The lowest BCUT2D eigenvalue weighted by Crippen LogP contribution is -2.13.